The molecular weight excluding hydrogens is 196 g/mol. The minimum atomic E-state index is -0.484. The molecule has 4 heteroatoms. The number of carbonyl (C=O) groups excluding carboxylic acids is 1. The zero-order chi connectivity index (χ0) is 11.6. The maximum Gasteiger partial charge on any atom is 0.316 e. The largest absolute Gasteiger partial charge is 0.335 e. The summed E-state index contributed by atoms with van der Waals surface area (Å²) in [5, 5.41) is 5.61. The fraction of sp³-hybridized carbons (Fsp3) is 0.900. The molecule has 0 spiro atoms. The smallest absolute Gasteiger partial charge is 0.316 e. The first kappa shape index (κ1) is 13.6. The van der Waals surface area contributed by atoms with Gasteiger partial charge in [-0.05, 0) is 26.2 Å². The van der Waals surface area contributed by atoms with E-state index >= 15 is 0 Å². The number of rotatable bonds is 2. The van der Waals surface area contributed by atoms with Gasteiger partial charge in [0.2, 0.25) is 0 Å². The molecule has 0 aromatic rings. The lowest BCUT2D eigenvalue weighted by atomic mass is 9.88. The van der Waals surface area contributed by atoms with Gasteiger partial charge in [0.1, 0.15) is 0 Å². The van der Waals surface area contributed by atoms with Crippen molar-refractivity contribution in [1.82, 2.24) is 10.6 Å². The van der Waals surface area contributed by atoms with Crippen molar-refractivity contribution >= 4 is 18.7 Å². The summed E-state index contributed by atoms with van der Waals surface area (Å²) in [6, 6.07) is -0.0504. The Bertz CT molecular complexity index is 203. The topological polar surface area (TPSA) is 41.1 Å². The molecule has 1 atom stereocenters. The Labute approximate surface area is 92.4 Å². The van der Waals surface area contributed by atoms with E-state index in [-0.39, 0.29) is 17.5 Å². The normalized spacial score (nSPS) is 14.8. The molecule has 0 radical (unpaired) electrons. The molecule has 0 aliphatic rings. The molecule has 1 unspecified atom stereocenters. The number of nitrogens with one attached hydrogen (secondary N) is 2. The third-order valence-corrected chi connectivity index (χ3v) is 2.18. The van der Waals surface area contributed by atoms with Gasteiger partial charge in [-0.2, -0.15) is 12.6 Å². The SMILES string of the molecule is CC(NC(=O)NC(C)(C)S)C(C)(C)C. The second-order valence-corrected chi connectivity index (χ2v) is 6.36. The van der Waals surface area contributed by atoms with E-state index in [1.165, 1.54) is 0 Å². The average Bonchev–Trinajstić information content (AvgIpc) is 1.79. The van der Waals surface area contributed by atoms with Crippen LogP contribution in [0.3, 0.4) is 0 Å². The van der Waals surface area contributed by atoms with E-state index in [0.29, 0.717) is 0 Å². The molecule has 0 aliphatic heterocycles. The number of urea groups is 1. The number of thiol groups is 1. The highest BCUT2D eigenvalue weighted by molar-refractivity contribution is 7.81. The van der Waals surface area contributed by atoms with Crippen molar-refractivity contribution < 1.29 is 4.79 Å². The summed E-state index contributed by atoms with van der Waals surface area (Å²) in [5.74, 6) is 0. The molecule has 3 nitrogen and oxygen atoms in total. The first-order valence-corrected chi connectivity index (χ1v) is 5.28. The summed E-state index contributed by atoms with van der Waals surface area (Å²) in [6.45, 7) is 11.9. The highest BCUT2D eigenvalue weighted by Crippen LogP contribution is 2.18. The minimum absolute atomic E-state index is 0.0675. The molecule has 0 fully saturated rings. The molecule has 0 saturated carbocycles. The fourth-order valence-electron chi connectivity index (χ4n) is 0.727. The second-order valence-electron chi connectivity index (χ2n) is 5.25. The third-order valence-electron chi connectivity index (χ3n) is 2.07. The lowest BCUT2D eigenvalue weighted by Crippen LogP contribution is -2.50. The van der Waals surface area contributed by atoms with Crippen LogP contribution in [-0.2, 0) is 0 Å². The molecular formula is C10H22N2OS. The van der Waals surface area contributed by atoms with Crippen LogP contribution >= 0.6 is 12.6 Å². The first-order valence-electron chi connectivity index (χ1n) is 4.83. The molecule has 84 valence electrons. The molecule has 2 amide bonds. The zero-order valence-electron chi connectivity index (χ0n) is 9.93. The van der Waals surface area contributed by atoms with Crippen molar-refractivity contribution in [1.29, 1.82) is 0 Å². The van der Waals surface area contributed by atoms with Gasteiger partial charge in [0.25, 0.3) is 0 Å². The Morgan fingerprint density at radius 1 is 1.21 bits per heavy atom. The predicted molar refractivity (Wildman–Crippen MR) is 63.6 cm³/mol. The highest BCUT2D eigenvalue weighted by Gasteiger charge is 2.23. The van der Waals surface area contributed by atoms with E-state index in [0.717, 1.165) is 0 Å². The molecule has 0 heterocycles. The van der Waals surface area contributed by atoms with Gasteiger partial charge in [-0.3, -0.25) is 0 Å². The molecule has 0 aliphatic carbocycles. The van der Waals surface area contributed by atoms with E-state index in [1.807, 2.05) is 20.8 Å². The van der Waals surface area contributed by atoms with Crippen molar-refractivity contribution in [2.24, 2.45) is 5.41 Å². The van der Waals surface area contributed by atoms with Gasteiger partial charge in [-0.1, -0.05) is 20.8 Å². The van der Waals surface area contributed by atoms with E-state index in [9.17, 15) is 4.79 Å². The van der Waals surface area contributed by atoms with Crippen LogP contribution in [0.4, 0.5) is 4.79 Å². The number of carbonyl (C=O) groups is 1. The van der Waals surface area contributed by atoms with Crippen molar-refractivity contribution in [2.45, 2.75) is 52.5 Å². The van der Waals surface area contributed by atoms with Crippen LogP contribution in [0.25, 0.3) is 0 Å². The highest BCUT2D eigenvalue weighted by atomic mass is 32.1. The lowest BCUT2D eigenvalue weighted by Gasteiger charge is -2.29. The van der Waals surface area contributed by atoms with Crippen LogP contribution < -0.4 is 10.6 Å². The molecule has 14 heavy (non-hydrogen) atoms. The Kier molecular flexibility index (Phi) is 4.31. The summed E-state index contributed by atoms with van der Waals surface area (Å²) in [7, 11) is 0. The van der Waals surface area contributed by atoms with Crippen LogP contribution in [-0.4, -0.2) is 16.9 Å². The molecule has 0 aromatic heterocycles. The summed E-state index contributed by atoms with van der Waals surface area (Å²) in [4.78, 5) is 11.0. The minimum Gasteiger partial charge on any atom is -0.335 e. The van der Waals surface area contributed by atoms with E-state index in [1.54, 1.807) is 0 Å². The molecule has 0 rings (SSSR count). The fourth-order valence-corrected chi connectivity index (χ4v) is 0.829. The standard InChI is InChI=1S/C10H22N2OS/c1-7(9(2,3)4)11-8(13)12-10(5,6)14/h7,14H,1-6H3,(H2,11,12,13). The lowest BCUT2D eigenvalue weighted by molar-refractivity contribution is 0.219. The Morgan fingerprint density at radius 2 is 1.64 bits per heavy atom. The van der Waals surface area contributed by atoms with Gasteiger partial charge in [0.05, 0.1) is 4.87 Å². The van der Waals surface area contributed by atoms with Gasteiger partial charge in [-0.15, -0.1) is 0 Å². The molecule has 0 saturated heterocycles. The van der Waals surface area contributed by atoms with Crippen LogP contribution in [0, 0.1) is 5.41 Å². The molecule has 0 bridgehead atoms. The Balaban J connectivity index is 4.09. The van der Waals surface area contributed by atoms with Gasteiger partial charge < -0.3 is 10.6 Å². The van der Waals surface area contributed by atoms with E-state index in [2.05, 4.69) is 44.0 Å². The van der Waals surface area contributed by atoms with Gasteiger partial charge in [0, 0.05) is 6.04 Å². The third kappa shape index (κ3) is 6.13. The Hall–Kier alpha value is -0.380. The zero-order valence-corrected chi connectivity index (χ0v) is 10.8. The monoisotopic (exact) mass is 218 g/mol. The van der Waals surface area contributed by atoms with E-state index in [4.69, 9.17) is 0 Å². The average molecular weight is 218 g/mol. The number of hydrogen-bond acceptors (Lipinski definition) is 2. The molecule has 0 aromatic carbocycles. The summed E-state index contributed by atoms with van der Waals surface area (Å²) in [5.41, 5.74) is 0.0675. The van der Waals surface area contributed by atoms with Crippen LogP contribution in [0.2, 0.25) is 0 Å². The quantitative estimate of drug-likeness (QED) is 0.483. The van der Waals surface area contributed by atoms with Crippen LogP contribution in [0.1, 0.15) is 41.5 Å². The number of amides is 2. The van der Waals surface area contributed by atoms with Crippen LogP contribution in [0.15, 0.2) is 0 Å². The van der Waals surface area contributed by atoms with Gasteiger partial charge >= 0.3 is 6.03 Å². The summed E-state index contributed by atoms with van der Waals surface area (Å²) >= 11 is 4.22. The van der Waals surface area contributed by atoms with Crippen molar-refractivity contribution in [3.63, 3.8) is 0 Å². The molecule has 2 N–H and O–H groups in total. The van der Waals surface area contributed by atoms with Crippen molar-refractivity contribution in [3.8, 4) is 0 Å². The first-order chi connectivity index (χ1) is 6.02. The number of hydrogen-bond donors (Lipinski definition) is 3. The van der Waals surface area contributed by atoms with Gasteiger partial charge in [-0.25, -0.2) is 4.79 Å². The maximum absolute atomic E-state index is 11.4. The predicted octanol–water partition coefficient (Wildman–Crippen LogP) is 2.39. The summed E-state index contributed by atoms with van der Waals surface area (Å²) in [6.07, 6.45) is 0. The summed E-state index contributed by atoms with van der Waals surface area (Å²) < 4.78 is 0. The van der Waals surface area contributed by atoms with Gasteiger partial charge in [0.15, 0.2) is 0 Å². The Morgan fingerprint density at radius 3 is 1.93 bits per heavy atom. The van der Waals surface area contributed by atoms with Crippen molar-refractivity contribution in [3.05, 3.63) is 0 Å². The maximum atomic E-state index is 11.4. The van der Waals surface area contributed by atoms with Crippen LogP contribution in [0.5, 0.6) is 0 Å². The second kappa shape index (κ2) is 4.43. The van der Waals surface area contributed by atoms with Crippen molar-refractivity contribution in [2.75, 3.05) is 0 Å². The van der Waals surface area contributed by atoms with E-state index < -0.39 is 4.87 Å².